The summed E-state index contributed by atoms with van der Waals surface area (Å²) < 4.78 is 41.3. The van der Waals surface area contributed by atoms with Crippen molar-refractivity contribution in [2.24, 2.45) is 5.84 Å². The molecule has 0 saturated carbocycles. The van der Waals surface area contributed by atoms with Gasteiger partial charge in [-0.25, -0.2) is 10.6 Å². The number of alkyl carbamates (subject to hydrolysis) is 1. The van der Waals surface area contributed by atoms with Crippen molar-refractivity contribution >= 4 is 12.0 Å². The zero-order chi connectivity index (χ0) is 14.6. The average molecular weight is 271 g/mol. The van der Waals surface area contributed by atoms with Crippen LogP contribution in [-0.4, -0.2) is 29.8 Å². The first-order valence-corrected chi connectivity index (χ1v) is 5.01. The maximum Gasteiger partial charge on any atom is 0.408 e. The van der Waals surface area contributed by atoms with Gasteiger partial charge in [-0.15, -0.1) is 0 Å². The molecule has 18 heavy (non-hydrogen) atoms. The highest BCUT2D eigenvalue weighted by Crippen LogP contribution is 2.21. The van der Waals surface area contributed by atoms with Gasteiger partial charge in [0.05, 0.1) is 6.42 Å². The number of hydrazine groups is 1. The molecule has 0 aliphatic carbocycles. The van der Waals surface area contributed by atoms with E-state index in [2.05, 4.69) is 0 Å². The van der Waals surface area contributed by atoms with Crippen molar-refractivity contribution in [3.63, 3.8) is 0 Å². The highest BCUT2D eigenvalue weighted by molar-refractivity contribution is 5.85. The van der Waals surface area contributed by atoms with Gasteiger partial charge < -0.3 is 10.1 Å². The molecule has 0 heterocycles. The van der Waals surface area contributed by atoms with E-state index in [1.165, 1.54) is 20.8 Å². The summed E-state index contributed by atoms with van der Waals surface area (Å²) in [5, 5.41) is 1.81. The quantitative estimate of drug-likeness (QED) is 0.402. The SMILES string of the molecule is CC(C)(C)OC(=O)NC(CC(F)(F)F)C(=O)NN. The van der Waals surface area contributed by atoms with Gasteiger partial charge in [0.25, 0.3) is 5.91 Å². The molecular formula is C9H16F3N3O3. The van der Waals surface area contributed by atoms with Gasteiger partial charge in [-0.1, -0.05) is 0 Å². The van der Waals surface area contributed by atoms with Gasteiger partial charge in [-0.05, 0) is 20.8 Å². The van der Waals surface area contributed by atoms with E-state index in [0.29, 0.717) is 0 Å². The third-order valence-corrected chi connectivity index (χ3v) is 1.59. The van der Waals surface area contributed by atoms with Gasteiger partial charge in [0.1, 0.15) is 11.6 Å². The molecule has 0 aliphatic heterocycles. The maximum absolute atomic E-state index is 12.2. The summed E-state index contributed by atoms with van der Waals surface area (Å²) in [6, 6.07) is -1.83. The number of ether oxygens (including phenoxy) is 1. The number of hydrogen-bond acceptors (Lipinski definition) is 4. The lowest BCUT2D eigenvalue weighted by molar-refractivity contribution is -0.149. The molecule has 0 radical (unpaired) electrons. The molecule has 0 fully saturated rings. The Balaban J connectivity index is 4.61. The minimum atomic E-state index is -4.62. The van der Waals surface area contributed by atoms with E-state index >= 15 is 0 Å². The smallest absolute Gasteiger partial charge is 0.408 e. The summed E-state index contributed by atoms with van der Waals surface area (Å²) in [6.07, 6.45) is -7.28. The summed E-state index contributed by atoms with van der Waals surface area (Å²) in [4.78, 5) is 22.3. The first kappa shape index (κ1) is 16.5. The van der Waals surface area contributed by atoms with Crippen LogP contribution in [0.5, 0.6) is 0 Å². The Hall–Kier alpha value is -1.51. The molecule has 0 bridgehead atoms. The summed E-state index contributed by atoms with van der Waals surface area (Å²) in [6.45, 7) is 4.61. The van der Waals surface area contributed by atoms with Gasteiger partial charge in [0, 0.05) is 0 Å². The first-order chi connectivity index (χ1) is 7.94. The molecular weight excluding hydrogens is 255 g/mol. The number of amides is 2. The average Bonchev–Trinajstić information content (AvgIpc) is 2.10. The van der Waals surface area contributed by atoms with Crippen LogP contribution in [0.4, 0.5) is 18.0 Å². The predicted molar refractivity (Wildman–Crippen MR) is 56.2 cm³/mol. The van der Waals surface area contributed by atoms with Crippen molar-refractivity contribution < 1.29 is 27.5 Å². The van der Waals surface area contributed by atoms with Crippen LogP contribution in [0, 0.1) is 0 Å². The van der Waals surface area contributed by atoms with Crippen LogP contribution >= 0.6 is 0 Å². The summed E-state index contributed by atoms with van der Waals surface area (Å²) in [5.74, 6) is 3.58. The van der Waals surface area contributed by atoms with Crippen molar-refractivity contribution in [2.75, 3.05) is 0 Å². The van der Waals surface area contributed by atoms with E-state index < -0.39 is 36.2 Å². The van der Waals surface area contributed by atoms with Gasteiger partial charge in [-0.3, -0.25) is 10.2 Å². The number of nitrogens with one attached hydrogen (secondary N) is 2. The van der Waals surface area contributed by atoms with Crippen molar-refractivity contribution in [1.29, 1.82) is 0 Å². The minimum absolute atomic E-state index is 0.883. The largest absolute Gasteiger partial charge is 0.444 e. The van der Waals surface area contributed by atoms with Crippen LogP contribution in [0.15, 0.2) is 0 Å². The molecule has 9 heteroatoms. The molecule has 0 spiro atoms. The number of rotatable bonds is 3. The van der Waals surface area contributed by atoms with Crippen LogP contribution in [0.2, 0.25) is 0 Å². The van der Waals surface area contributed by atoms with Crippen molar-refractivity contribution in [3.8, 4) is 0 Å². The molecule has 1 atom stereocenters. The third-order valence-electron chi connectivity index (χ3n) is 1.59. The Kier molecular flexibility index (Phi) is 5.40. The topological polar surface area (TPSA) is 93.4 Å². The summed E-state index contributed by atoms with van der Waals surface area (Å²) >= 11 is 0. The third kappa shape index (κ3) is 7.71. The number of alkyl halides is 3. The van der Waals surface area contributed by atoms with Crippen LogP contribution in [-0.2, 0) is 9.53 Å². The molecule has 1 unspecified atom stereocenters. The minimum Gasteiger partial charge on any atom is -0.444 e. The zero-order valence-electron chi connectivity index (χ0n) is 10.2. The van der Waals surface area contributed by atoms with Gasteiger partial charge >= 0.3 is 12.3 Å². The highest BCUT2D eigenvalue weighted by Gasteiger charge is 2.36. The number of halogens is 3. The Morgan fingerprint density at radius 2 is 1.78 bits per heavy atom. The lowest BCUT2D eigenvalue weighted by Crippen LogP contribution is -2.51. The number of carbonyl (C=O) groups is 2. The predicted octanol–water partition coefficient (Wildman–Crippen LogP) is 0.822. The molecule has 6 nitrogen and oxygen atoms in total. The van der Waals surface area contributed by atoms with E-state index in [1.807, 2.05) is 5.32 Å². The maximum atomic E-state index is 12.2. The van der Waals surface area contributed by atoms with Gasteiger partial charge in [0.15, 0.2) is 0 Å². The van der Waals surface area contributed by atoms with Gasteiger partial charge in [-0.2, -0.15) is 13.2 Å². The molecule has 106 valence electrons. The number of carbonyl (C=O) groups excluding carboxylic acids is 2. The Labute approximate surface area is 102 Å². The lowest BCUT2D eigenvalue weighted by Gasteiger charge is -2.23. The van der Waals surface area contributed by atoms with E-state index in [1.54, 1.807) is 5.43 Å². The van der Waals surface area contributed by atoms with Crippen LogP contribution in [0.25, 0.3) is 0 Å². The monoisotopic (exact) mass is 271 g/mol. The molecule has 2 amide bonds. The fourth-order valence-corrected chi connectivity index (χ4v) is 0.991. The Morgan fingerprint density at radius 1 is 1.28 bits per heavy atom. The second-order valence-corrected chi connectivity index (χ2v) is 4.53. The van der Waals surface area contributed by atoms with E-state index in [4.69, 9.17) is 10.6 Å². The summed E-state index contributed by atoms with van der Waals surface area (Å²) in [5.41, 5.74) is 0.664. The molecule has 4 N–H and O–H groups in total. The van der Waals surface area contributed by atoms with E-state index in [-0.39, 0.29) is 0 Å². The fraction of sp³-hybridized carbons (Fsp3) is 0.778. The van der Waals surface area contributed by atoms with Gasteiger partial charge in [0.2, 0.25) is 0 Å². The van der Waals surface area contributed by atoms with E-state index in [0.717, 1.165) is 0 Å². The highest BCUT2D eigenvalue weighted by atomic mass is 19.4. The normalized spacial score (nSPS) is 13.7. The van der Waals surface area contributed by atoms with Crippen LogP contribution in [0.3, 0.4) is 0 Å². The molecule has 0 aromatic rings. The van der Waals surface area contributed by atoms with Crippen molar-refractivity contribution in [1.82, 2.24) is 10.7 Å². The fourth-order valence-electron chi connectivity index (χ4n) is 0.991. The molecule has 0 aliphatic rings. The second kappa shape index (κ2) is 5.89. The molecule has 0 aromatic carbocycles. The molecule has 0 aromatic heterocycles. The van der Waals surface area contributed by atoms with Crippen molar-refractivity contribution in [3.05, 3.63) is 0 Å². The summed E-state index contributed by atoms with van der Waals surface area (Å²) in [7, 11) is 0. The molecule has 0 rings (SSSR count). The lowest BCUT2D eigenvalue weighted by atomic mass is 10.2. The van der Waals surface area contributed by atoms with Crippen LogP contribution in [0.1, 0.15) is 27.2 Å². The number of hydrogen-bond donors (Lipinski definition) is 3. The molecule has 0 saturated heterocycles. The zero-order valence-corrected chi connectivity index (χ0v) is 10.2. The van der Waals surface area contributed by atoms with E-state index in [9.17, 15) is 22.8 Å². The number of nitrogens with two attached hydrogens (primary N) is 1. The standard InChI is InChI=1S/C9H16F3N3O3/c1-8(2,3)18-7(17)14-5(6(16)15-13)4-9(10,11)12/h5H,4,13H2,1-3H3,(H,14,17)(H,15,16). The second-order valence-electron chi connectivity index (χ2n) is 4.53. The first-order valence-electron chi connectivity index (χ1n) is 5.01. The van der Waals surface area contributed by atoms with Crippen LogP contribution < -0.4 is 16.6 Å². The Morgan fingerprint density at radius 3 is 2.11 bits per heavy atom. The van der Waals surface area contributed by atoms with Crippen molar-refractivity contribution in [2.45, 2.75) is 45.0 Å². The Bertz CT molecular complexity index is 312.